The predicted octanol–water partition coefficient (Wildman–Crippen LogP) is 0.901. The molecule has 19 heavy (non-hydrogen) atoms. The van der Waals surface area contributed by atoms with Crippen LogP contribution in [0.5, 0.6) is 0 Å². The molecule has 1 aliphatic heterocycles. The second kappa shape index (κ2) is 4.96. The lowest BCUT2D eigenvalue weighted by Gasteiger charge is -2.35. The Morgan fingerprint density at radius 2 is 2.16 bits per heavy atom. The summed E-state index contributed by atoms with van der Waals surface area (Å²) in [4.78, 5) is 25.0. The van der Waals surface area contributed by atoms with Crippen LogP contribution in [0.3, 0.4) is 0 Å². The van der Waals surface area contributed by atoms with Crippen LogP contribution < -0.4 is 0 Å². The van der Waals surface area contributed by atoms with Crippen molar-refractivity contribution in [2.24, 2.45) is 17.8 Å². The first-order valence-corrected chi connectivity index (χ1v) is 6.94. The molecule has 5 nitrogen and oxygen atoms in total. The molecule has 3 rings (SSSR count). The van der Waals surface area contributed by atoms with Gasteiger partial charge in [-0.15, -0.1) is 0 Å². The zero-order chi connectivity index (χ0) is 13.4. The molecule has 3 aliphatic rings. The number of carboxylic acids is 1. The maximum atomic E-state index is 12.5. The Kier molecular flexibility index (Phi) is 3.31. The maximum absolute atomic E-state index is 12.5. The van der Waals surface area contributed by atoms with E-state index in [4.69, 9.17) is 9.84 Å². The molecular formula is C14H19NO4. The van der Waals surface area contributed by atoms with Crippen LogP contribution in [0.4, 0.5) is 0 Å². The van der Waals surface area contributed by atoms with Crippen LogP contribution in [0.25, 0.3) is 0 Å². The van der Waals surface area contributed by atoms with E-state index in [2.05, 4.69) is 12.2 Å². The second-order valence-corrected chi connectivity index (χ2v) is 5.76. The fourth-order valence-electron chi connectivity index (χ4n) is 3.54. The predicted molar refractivity (Wildman–Crippen MR) is 67.4 cm³/mol. The zero-order valence-corrected chi connectivity index (χ0v) is 10.8. The number of nitrogens with zero attached hydrogens (tertiary/aromatic N) is 1. The van der Waals surface area contributed by atoms with Crippen LogP contribution in [-0.2, 0) is 14.3 Å². The standard InChI is InChI=1S/C14H19NO4/c16-13(17)7-11-8-15(3-4-19-11)14(18)12-6-9-1-2-10(12)5-9/h1-2,9-12H,3-8H2,(H,16,17)/t9-,10-,11-,12-/m0/s1. The highest BCUT2D eigenvalue weighted by Gasteiger charge is 2.42. The largest absolute Gasteiger partial charge is 0.481 e. The first kappa shape index (κ1) is 12.7. The van der Waals surface area contributed by atoms with Crippen LogP contribution in [0, 0.1) is 17.8 Å². The molecule has 1 N–H and O–H groups in total. The van der Waals surface area contributed by atoms with Gasteiger partial charge in [0.15, 0.2) is 0 Å². The molecule has 1 amide bonds. The van der Waals surface area contributed by atoms with Gasteiger partial charge in [-0.2, -0.15) is 0 Å². The number of hydrogen-bond acceptors (Lipinski definition) is 3. The lowest BCUT2D eigenvalue weighted by Crippen LogP contribution is -2.48. The summed E-state index contributed by atoms with van der Waals surface area (Å²) in [5.74, 6) is 0.407. The van der Waals surface area contributed by atoms with E-state index in [1.54, 1.807) is 4.90 Å². The molecule has 1 heterocycles. The quantitative estimate of drug-likeness (QED) is 0.770. The summed E-state index contributed by atoms with van der Waals surface area (Å²) in [5, 5.41) is 8.80. The third-order valence-electron chi connectivity index (χ3n) is 4.45. The average molecular weight is 265 g/mol. The number of carbonyl (C=O) groups excluding carboxylic acids is 1. The minimum Gasteiger partial charge on any atom is -0.481 e. The van der Waals surface area contributed by atoms with Crippen molar-refractivity contribution in [2.45, 2.75) is 25.4 Å². The number of carbonyl (C=O) groups is 2. The number of morpholine rings is 1. The first-order valence-electron chi connectivity index (χ1n) is 6.94. The molecule has 4 atom stereocenters. The van der Waals surface area contributed by atoms with Crippen LogP contribution in [0.1, 0.15) is 19.3 Å². The Hall–Kier alpha value is -1.36. The summed E-state index contributed by atoms with van der Waals surface area (Å²) in [5.41, 5.74) is 0. The van der Waals surface area contributed by atoms with Crippen LogP contribution >= 0.6 is 0 Å². The molecule has 0 spiro atoms. The van der Waals surface area contributed by atoms with Crippen molar-refractivity contribution in [3.05, 3.63) is 12.2 Å². The molecule has 0 aromatic carbocycles. The third-order valence-corrected chi connectivity index (χ3v) is 4.45. The van der Waals surface area contributed by atoms with E-state index < -0.39 is 5.97 Å². The molecule has 0 radical (unpaired) electrons. The van der Waals surface area contributed by atoms with Crippen molar-refractivity contribution in [1.29, 1.82) is 0 Å². The number of carboxylic acid groups (broad SMARTS) is 1. The van der Waals surface area contributed by atoms with Gasteiger partial charge in [-0.3, -0.25) is 9.59 Å². The molecule has 0 aromatic heterocycles. The number of hydrogen-bond donors (Lipinski definition) is 1. The fourth-order valence-corrected chi connectivity index (χ4v) is 3.54. The van der Waals surface area contributed by atoms with E-state index in [1.165, 1.54) is 0 Å². The molecule has 0 unspecified atom stereocenters. The van der Waals surface area contributed by atoms with Gasteiger partial charge in [-0.05, 0) is 24.7 Å². The molecule has 1 saturated heterocycles. The Labute approximate surface area is 112 Å². The molecule has 5 heteroatoms. The van der Waals surface area contributed by atoms with E-state index in [-0.39, 0.29) is 24.3 Å². The molecule has 2 fully saturated rings. The maximum Gasteiger partial charge on any atom is 0.306 e. The minimum atomic E-state index is -0.873. The Balaban J connectivity index is 1.60. The lowest BCUT2D eigenvalue weighted by atomic mass is 9.92. The van der Waals surface area contributed by atoms with E-state index in [0.29, 0.717) is 31.5 Å². The summed E-state index contributed by atoms with van der Waals surface area (Å²) in [6.07, 6.45) is 6.08. The highest BCUT2D eigenvalue weighted by molar-refractivity contribution is 5.80. The van der Waals surface area contributed by atoms with Crippen molar-refractivity contribution >= 4 is 11.9 Å². The lowest BCUT2D eigenvalue weighted by molar-refractivity contribution is -0.150. The number of fused-ring (bicyclic) bond motifs is 2. The highest BCUT2D eigenvalue weighted by atomic mass is 16.5. The Morgan fingerprint density at radius 3 is 2.79 bits per heavy atom. The zero-order valence-electron chi connectivity index (χ0n) is 10.8. The third kappa shape index (κ3) is 2.52. The normalized spacial score (nSPS) is 36.7. The number of amides is 1. The van der Waals surface area contributed by atoms with Gasteiger partial charge in [0.2, 0.25) is 5.91 Å². The molecule has 2 bridgehead atoms. The molecule has 2 aliphatic carbocycles. The van der Waals surface area contributed by atoms with Crippen LogP contribution in [0.2, 0.25) is 0 Å². The van der Waals surface area contributed by atoms with Crippen LogP contribution in [-0.4, -0.2) is 47.7 Å². The van der Waals surface area contributed by atoms with Gasteiger partial charge in [0.1, 0.15) is 0 Å². The summed E-state index contributed by atoms with van der Waals surface area (Å²) in [7, 11) is 0. The fraction of sp³-hybridized carbons (Fsp3) is 0.714. The van der Waals surface area contributed by atoms with Gasteiger partial charge >= 0.3 is 5.97 Å². The van der Waals surface area contributed by atoms with E-state index in [0.717, 1.165) is 12.8 Å². The molecule has 0 aromatic rings. The summed E-state index contributed by atoms with van der Waals surface area (Å²) >= 11 is 0. The van der Waals surface area contributed by atoms with Gasteiger partial charge in [0.05, 0.1) is 19.1 Å². The van der Waals surface area contributed by atoms with Gasteiger partial charge in [0.25, 0.3) is 0 Å². The average Bonchev–Trinajstić information content (AvgIpc) is 2.99. The topological polar surface area (TPSA) is 66.8 Å². The van der Waals surface area contributed by atoms with E-state index >= 15 is 0 Å². The van der Waals surface area contributed by atoms with Crippen molar-refractivity contribution in [3.8, 4) is 0 Å². The monoisotopic (exact) mass is 265 g/mol. The Morgan fingerprint density at radius 1 is 1.32 bits per heavy atom. The molecule has 1 saturated carbocycles. The summed E-state index contributed by atoms with van der Waals surface area (Å²) in [6, 6.07) is 0. The summed E-state index contributed by atoms with van der Waals surface area (Å²) < 4.78 is 5.41. The van der Waals surface area contributed by atoms with Crippen LogP contribution in [0.15, 0.2) is 12.2 Å². The van der Waals surface area contributed by atoms with Crippen molar-refractivity contribution < 1.29 is 19.4 Å². The second-order valence-electron chi connectivity index (χ2n) is 5.76. The molecule has 104 valence electrons. The number of allylic oxidation sites excluding steroid dienone is 2. The smallest absolute Gasteiger partial charge is 0.306 e. The minimum absolute atomic E-state index is 0.0274. The molecular weight excluding hydrogens is 246 g/mol. The van der Waals surface area contributed by atoms with E-state index in [9.17, 15) is 9.59 Å². The van der Waals surface area contributed by atoms with E-state index in [1.807, 2.05) is 0 Å². The number of aliphatic carboxylic acids is 1. The van der Waals surface area contributed by atoms with Gasteiger partial charge in [-0.25, -0.2) is 0 Å². The van der Waals surface area contributed by atoms with Gasteiger partial charge < -0.3 is 14.7 Å². The number of ether oxygens (including phenoxy) is 1. The highest BCUT2D eigenvalue weighted by Crippen LogP contribution is 2.44. The summed E-state index contributed by atoms with van der Waals surface area (Å²) in [6.45, 7) is 1.45. The van der Waals surface area contributed by atoms with Crippen molar-refractivity contribution in [2.75, 3.05) is 19.7 Å². The Bertz CT molecular complexity index is 420. The van der Waals surface area contributed by atoms with Crippen molar-refractivity contribution in [1.82, 2.24) is 4.90 Å². The number of rotatable bonds is 3. The van der Waals surface area contributed by atoms with Crippen molar-refractivity contribution in [3.63, 3.8) is 0 Å². The van der Waals surface area contributed by atoms with Gasteiger partial charge in [-0.1, -0.05) is 12.2 Å². The van der Waals surface area contributed by atoms with Gasteiger partial charge in [0, 0.05) is 19.0 Å². The first-order chi connectivity index (χ1) is 9.13. The SMILES string of the molecule is O=C(O)C[C@H]1CN(C(=O)[C@H]2C[C@H]3C=C[C@H]2C3)CCO1.